The molecule has 2 aromatic heterocycles. The first-order chi connectivity index (χ1) is 11.7. The molecule has 0 aliphatic rings. The summed E-state index contributed by atoms with van der Waals surface area (Å²) in [6.45, 7) is 5.46. The van der Waals surface area contributed by atoms with E-state index in [-0.39, 0.29) is 0 Å². The number of thiazole rings is 1. The fraction of sp³-hybridized carbons (Fsp3) is 0.333. The van der Waals surface area contributed by atoms with Crippen molar-refractivity contribution in [3.8, 4) is 0 Å². The molecule has 2 N–H and O–H groups in total. The van der Waals surface area contributed by atoms with Gasteiger partial charge in [-0.15, -0.1) is 11.3 Å². The topological polar surface area (TPSA) is 62.5 Å². The molecule has 0 aliphatic heterocycles. The Kier molecular flexibility index (Phi) is 5.15. The Morgan fingerprint density at radius 1 is 1.25 bits per heavy atom. The number of nitrogens with one attached hydrogen (secondary N) is 2. The van der Waals surface area contributed by atoms with Crippen LogP contribution in [0, 0.1) is 6.92 Å². The van der Waals surface area contributed by atoms with E-state index in [1.165, 1.54) is 5.56 Å². The minimum absolute atomic E-state index is 0.595. The Labute approximate surface area is 145 Å². The maximum atomic E-state index is 5.92. The minimum Gasteiger partial charge on any atom is -0.459 e. The third-order valence-corrected chi connectivity index (χ3v) is 4.96. The minimum atomic E-state index is 0.595. The summed E-state index contributed by atoms with van der Waals surface area (Å²) >= 11 is 1.70. The number of fused-ring (bicyclic) bond motifs is 1. The average Bonchev–Trinajstić information content (AvgIpc) is 3.20. The molecule has 0 saturated heterocycles. The molecule has 2 heterocycles. The van der Waals surface area contributed by atoms with Crippen LogP contribution in [0.15, 0.2) is 39.1 Å². The van der Waals surface area contributed by atoms with Gasteiger partial charge in [0.25, 0.3) is 0 Å². The van der Waals surface area contributed by atoms with Gasteiger partial charge in [-0.25, -0.2) is 4.98 Å². The molecule has 6 heteroatoms. The second-order valence-corrected chi connectivity index (χ2v) is 6.45. The van der Waals surface area contributed by atoms with Gasteiger partial charge in [0.2, 0.25) is 0 Å². The number of aliphatic imine (C=N–C) groups is 1. The van der Waals surface area contributed by atoms with Crippen molar-refractivity contribution in [2.75, 3.05) is 7.05 Å². The molecule has 0 radical (unpaired) electrons. The molecule has 1 aromatic carbocycles. The number of guanidine groups is 1. The van der Waals surface area contributed by atoms with E-state index in [1.807, 2.05) is 18.2 Å². The maximum absolute atomic E-state index is 5.92. The lowest BCUT2D eigenvalue weighted by Gasteiger charge is -2.10. The van der Waals surface area contributed by atoms with Crippen molar-refractivity contribution in [3.63, 3.8) is 0 Å². The zero-order chi connectivity index (χ0) is 16.9. The Morgan fingerprint density at radius 3 is 2.75 bits per heavy atom. The SMILES string of the molecule is CCc1nc(CNC(=NC)NCc2oc3ccccc3c2C)cs1. The highest BCUT2D eigenvalue weighted by Gasteiger charge is 2.10. The summed E-state index contributed by atoms with van der Waals surface area (Å²) < 4.78 is 5.92. The molecule has 0 fully saturated rings. The van der Waals surface area contributed by atoms with Crippen LogP contribution in [0.5, 0.6) is 0 Å². The number of hydrogen-bond donors (Lipinski definition) is 2. The molecule has 0 aliphatic carbocycles. The van der Waals surface area contributed by atoms with Crippen molar-refractivity contribution in [2.45, 2.75) is 33.4 Å². The van der Waals surface area contributed by atoms with Crippen LogP contribution in [-0.2, 0) is 19.5 Å². The summed E-state index contributed by atoms with van der Waals surface area (Å²) in [6.07, 6.45) is 0.975. The lowest BCUT2D eigenvalue weighted by Crippen LogP contribution is -2.36. The second-order valence-electron chi connectivity index (χ2n) is 5.51. The standard InChI is InChI=1S/C18H22N4OS/c1-4-17-22-13(11-24-17)9-20-18(19-3)21-10-16-12(2)14-7-5-6-8-15(14)23-16/h5-8,11H,4,9-10H2,1-3H3,(H2,19,20,21). The normalized spacial score (nSPS) is 11.9. The van der Waals surface area contributed by atoms with E-state index < -0.39 is 0 Å². The van der Waals surface area contributed by atoms with Gasteiger partial charge in [0.1, 0.15) is 11.3 Å². The predicted octanol–water partition coefficient (Wildman–Crippen LogP) is 3.63. The maximum Gasteiger partial charge on any atom is 0.191 e. The summed E-state index contributed by atoms with van der Waals surface area (Å²) in [4.78, 5) is 8.81. The first kappa shape index (κ1) is 16.5. The molecular formula is C18H22N4OS. The van der Waals surface area contributed by atoms with Gasteiger partial charge in [0, 0.05) is 23.4 Å². The summed E-state index contributed by atoms with van der Waals surface area (Å²) in [7, 11) is 1.76. The van der Waals surface area contributed by atoms with E-state index in [1.54, 1.807) is 18.4 Å². The van der Waals surface area contributed by atoms with Gasteiger partial charge in [-0.05, 0) is 19.4 Å². The van der Waals surface area contributed by atoms with Gasteiger partial charge in [-0.1, -0.05) is 25.1 Å². The van der Waals surface area contributed by atoms with Gasteiger partial charge < -0.3 is 15.1 Å². The average molecular weight is 342 g/mol. The van der Waals surface area contributed by atoms with Crippen molar-refractivity contribution < 1.29 is 4.42 Å². The molecule has 3 aromatic rings. The second kappa shape index (κ2) is 7.49. The molecule has 0 atom stereocenters. The van der Waals surface area contributed by atoms with Gasteiger partial charge in [0.05, 0.1) is 23.8 Å². The fourth-order valence-corrected chi connectivity index (χ4v) is 3.29. The van der Waals surface area contributed by atoms with Crippen molar-refractivity contribution >= 4 is 28.3 Å². The number of furan rings is 1. The summed E-state index contributed by atoms with van der Waals surface area (Å²) in [5.41, 5.74) is 3.13. The summed E-state index contributed by atoms with van der Waals surface area (Å²) in [5, 5.41) is 11.0. The van der Waals surface area contributed by atoms with Crippen molar-refractivity contribution in [2.24, 2.45) is 4.99 Å². The molecular weight excluding hydrogens is 320 g/mol. The quantitative estimate of drug-likeness (QED) is 0.549. The Hall–Kier alpha value is -2.34. The summed E-state index contributed by atoms with van der Waals surface area (Å²) in [5.74, 6) is 1.67. The van der Waals surface area contributed by atoms with E-state index in [2.05, 4.69) is 45.9 Å². The smallest absolute Gasteiger partial charge is 0.191 e. The van der Waals surface area contributed by atoms with Gasteiger partial charge in [-0.3, -0.25) is 4.99 Å². The van der Waals surface area contributed by atoms with Crippen LogP contribution in [0.3, 0.4) is 0 Å². The first-order valence-corrected chi connectivity index (χ1v) is 8.94. The number of benzene rings is 1. The number of aromatic nitrogens is 1. The van der Waals surface area contributed by atoms with Crippen LogP contribution in [0.25, 0.3) is 11.0 Å². The molecule has 126 valence electrons. The van der Waals surface area contributed by atoms with E-state index in [9.17, 15) is 0 Å². The highest BCUT2D eigenvalue weighted by molar-refractivity contribution is 7.09. The number of aryl methyl sites for hydroxylation is 2. The van der Waals surface area contributed by atoms with Gasteiger partial charge in [-0.2, -0.15) is 0 Å². The van der Waals surface area contributed by atoms with Crippen LogP contribution in [0.2, 0.25) is 0 Å². The molecule has 24 heavy (non-hydrogen) atoms. The molecule has 0 saturated carbocycles. The number of para-hydroxylation sites is 1. The van der Waals surface area contributed by atoms with E-state index in [0.717, 1.165) is 39.8 Å². The monoisotopic (exact) mass is 342 g/mol. The number of rotatable bonds is 5. The predicted molar refractivity (Wildman–Crippen MR) is 99.5 cm³/mol. The lowest BCUT2D eigenvalue weighted by molar-refractivity contribution is 0.534. The van der Waals surface area contributed by atoms with Gasteiger partial charge in [0.15, 0.2) is 5.96 Å². The van der Waals surface area contributed by atoms with Crippen molar-refractivity contribution in [1.29, 1.82) is 0 Å². The van der Waals surface area contributed by atoms with Crippen molar-refractivity contribution in [1.82, 2.24) is 15.6 Å². The molecule has 0 bridgehead atoms. The zero-order valence-electron chi connectivity index (χ0n) is 14.2. The van der Waals surface area contributed by atoms with Crippen LogP contribution >= 0.6 is 11.3 Å². The molecule has 0 unspecified atom stereocenters. The first-order valence-electron chi connectivity index (χ1n) is 8.06. The van der Waals surface area contributed by atoms with Gasteiger partial charge >= 0.3 is 0 Å². The number of nitrogens with zero attached hydrogens (tertiary/aromatic N) is 2. The number of hydrogen-bond acceptors (Lipinski definition) is 4. The Balaban J connectivity index is 1.60. The van der Waals surface area contributed by atoms with E-state index in [0.29, 0.717) is 13.1 Å². The third-order valence-electron chi connectivity index (χ3n) is 3.92. The van der Waals surface area contributed by atoms with Crippen LogP contribution in [0.1, 0.15) is 28.9 Å². The van der Waals surface area contributed by atoms with Crippen LogP contribution < -0.4 is 10.6 Å². The van der Waals surface area contributed by atoms with E-state index >= 15 is 0 Å². The largest absolute Gasteiger partial charge is 0.459 e. The highest BCUT2D eigenvalue weighted by Crippen LogP contribution is 2.24. The molecule has 5 nitrogen and oxygen atoms in total. The highest BCUT2D eigenvalue weighted by atomic mass is 32.1. The molecule has 0 amide bonds. The van der Waals surface area contributed by atoms with Crippen LogP contribution in [0.4, 0.5) is 0 Å². The Morgan fingerprint density at radius 2 is 2.04 bits per heavy atom. The van der Waals surface area contributed by atoms with Crippen molar-refractivity contribution in [3.05, 3.63) is 51.7 Å². The lowest BCUT2D eigenvalue weighted by atomic mass is 10.1. The third kappa shape index (κ3) is 3.59. The van der Waals surface area contributed by atoms with Crippen LogP contribution in [-0.4, -0.2) is 18.0 Å². The Bertz CT molecular complexity index is 850. The van der Waals surface area contributed by atoms with E-state index in [4.69, 9.17) is 4.42 Å². The molecule has 0 spiro atoms. The summed E-state index contributed by atoms with van der Waals surface area (Å²) in [6, 6.07) is 8.09. The zero-order valence-corrected chi connectivity index (χ0v) is 15.0. The molecule has 3 rings (SSSR count). The fourth-order valence-electron chi connectivity index (χ4n) is 2.54.